The lowest BCUT2D eigenvalue weighted by Gasteiger charge is -2.37. The van der Waals surface area contributed by atoms with Gasteiger partial charge in [-0.2, -0.15) is 0 Å². The van der Waals surface area contributed by atoms with E-state index in [2.05, 4.69) is 4.90 Å². The first-order valence-corrected chi connectivity index (χ1v) is 7.25. The summed E-state index contributed by atoms with van der Waals surface area (Å²) in [5.74, 6) is 0.249. The van der Waals surface area contributed by atoms with Crippen LogP contribution >= 0.6 is 0 Å². The number of carbonyl (C=O) groups excluding carboxylic acids is 2. The molecule has 3 nitrogen and oxygen atoms in total. The molecule has 1 unspecified atom stereocenters. The zero-order valence-electron chi connectivity index (χ0n) is 11.8. The SMILES string of the molecule is CN1CCCC2=C1C(C(=O)c1ccccc1)CCC2=O. The van der Waals surface area contributed by atoms with Crippen molar-refractivity contribution in [3.05, 3.63) is 47.2 Å². The molecular weight excluding hydrogens is 250 g/mol. The molecule has 0 radical (unpaired) electrons. The van der Waals surface area contributed by atoms with E-state index >= 15 is 0 Å². The predicted molar refractivity (Wildman–Crippen MR) is 77.4 cm³/mol. The monoisotopic (exact) mass is 269 g/mol. The van der Waals surface area contributed by atoms with E-state index in [0.29, 0.717) is 12.8 Å². The molecule has 2 aliphatic rings. The van der Waals surface area contributed by atoms with Crippen LogP contribution in [0.2, 0.25) is 0 Å². The Bertz CT molecular complexity index is 574. The third-order valence-electron chi connectivity index (χ3n) is 4.34. The molecule has 1 aliphatic heterocycles. The van der Waals surface area contributed by atoms with Crippen molar-refractivity contribution in [3.63, 3.8) is 0 Å². The molecule has 1 aromatic carbocycles. The number of benzene rings is 1. The quantitative estimate of drug-likeness (QED) is 0.775. The zero-order valence-corrected chi connectivity index (χ0v) is 11.8. The Labute approximate surface area is 119 Å². The van der Waals surface area contributed by atoms with Crippen molar-refractivity contribution in [1.82, 2.24) is 4.90 Å². The van der Waals surface area contributed by atoms with E-state index in [1.54, 1.807) is 0 Å². The fourth-order valence-electron chi connectivity index (χ4n) is 3.35. The fraction of sp³-hybridized carbons (Fsp3) is 0.412. The summed E-state index contributed by atoms with van der Waals surface area (Å²) in [5.41, 5.74) is 2.64. The van der Waals surface area contributed by atoms with Crippen LogP contribution < -0.4 is 0 Å². The summed E-state index contributed by atoms with van der Waals surface area (Å²) in [6.45, 7) is 0.935. The van der Waals surface area contributed by atoms with Crippen LogP contribution in [0.3, 0.4) is 0 Å². The topological polar surface area (TPSA) is 37.4 Å². The van der Waals surface area contributed by atoms with Gasteiger partial charge in [0.05, 0.1) is 5.92 Å². The lowest BCUT2D eigenvalue weighted by molar-refractivity contribution is -0.116. The highest BCUT2D eigenvalue weighted by Crippen LogP contribution is 2.36. The van der Waals surface area contributed by atoms with E-state index < -0.39 is 0 Å². The molecule has 3 heteroatoms. The van der Waals surface area contributed by atoms with Gasteiger partial charge < -0.3 is 4.90 Å². The molecule has 1 atom stereocenters. The highest BCUT2D eigenvalue weighted by atomic mass is 16.1. The van der Waals surface area contributed by atoms with Gasteiger partial charge in [0.1, 0.15) is 0 Å². The number of hydrogen-bond acceptors (Lipinski definition) is 3. The second-order valence-corrected chi connectivity index (χ2v) is 5.63. The Morgan fingerprint density at radius 2 is 1.95 bits per heavy atom. The van der Waals surface area contributed by atoms with Gasteiger partial charge in [0, 0.05) is 36.8 Å². The normalized spacial score (nSPS) is 22.8. The lowest BCUT2D eigenvalue weighted by Crippen LogP contribution is -2.37. The van der Waals surface area contributed by atoms with Crippen LogP contribution in [-0.4, -0.2) is 30.1 Å². The van der Waals surface area contributed by atoms with Crippen LogP contribution in [0.5, 0.6) is 0 Å². The van der Waals surface area contributed by atoms with Gasteiger partial charge >= 0.3 is 0 Å². The lowest BCUT2D eigenvalue weighted by atomic mass is 9.78. The highest BCUT2D eigenvalue weighted by molar-refractivity contribution is 6.04. The molecule has 0 amide bonds. The van der Waals surface area contributed by atoms with Gasteiger partial charge in [-0.15, -0.1) is 0 Å². The van der Waals surface area contributed by atoms with Crippen LogP contribution in [0, 0.1) is 5.92 Å². The van der Waals surface area contributed by atoms with Gasteiger partial charge in [0.25, 0.3) is 0 Å². The summed E-state index contributed by atoms with van der Waals surface area (Å²) in [6, 6.07) is 9.42. The molecule has 0 saturated heterocycles. The molecular formula is C17H19NO2. The molecule has 3 rings (SSSR count). The summed E-state index contributed by atoms with van der Waals surface area (Å²) in [6.07, 6.45) is 3.00. The number of Topliss-reactive ketones (excluding diaryl/α,β-unsaturated/α-hetero) is 2. The maximum absolute atomic E-state index is 12.7. The van der Waals surface area contributed by atoms with Crippen molar-refractivity contribution >= 4 is 11.6 Å². The van der Waals surface area contributed by atoms with Gasteiger partial charge in [-0.25, -0.2) is 0 Å². The molecule has 0 spiro atoms. The summed E-state index contributed by atoms with van der Waals surface area (Å²) >= 11 is 0. The first-order chi connectivity index (χ1) is 9.68. The van der Waals surface area contributed by atoms with Gasteiger partial charge in [-0.05, 0) is 19.3 Å². The molecule has 0 aromatic heterocycles. The number of ketones is 2. The van der Waals surface area contributed by atoms with E-state index in [9.17, 15) is 9.59 Å². The molecule has 0 bridgehead atoms. The standard InChI is InChI=1S/C17H19NO2/c1-18-11-5-8-13-15(19)10-9-14(16(13)18)17(20)12-6-3-2-4-7-12/h2-4,6-7,14H,5,8-11H2,1H3. The molecule has 0 N–H and O–H groups in total. The van der Waals surface area contributed by atoms with E-state index in [0.717, 1.165) is 36.2 Å². The van der Waals surface area contributed by atoms with Gasteiger partial charge in [-0.1, -0.05) is 30.3 Å². The summed E-state index contributed by atoms with van der Waals surface area (Å²) in [7, 11) is 2.00. The first kappa shape index (κ1) is 13.1. The van der Waals surface area contributed by atoms with Crippen LogP contribution in [0.15, 0.2) is 41.6 Å². The van der Waals surface area contributed by atoms with Crippen LogP contribution in [0.25, 0.3) is 0 Å². The highest BCUT2D eigenvalue weighted by Gasteiger charge is 2.36. The Morgan fingerprint density at radius 1 is 1.20 bits per heavy atom. The Morgan fingerprint density at radius 3 is 2.70 bits per heavy atom. The number of rotatable bonds is 2. The smallest absolute Gasteiger partial charge is 0.171 e. The zero-order chi connectivity index (χ0) is 14.1. The Kier molecular flexibility index (Phi) is 3.43. The summed E-state index contributed by atoms with van der Waals surface area (Å²) in [4.78, 5) is 26.9. The molecule has 1 aromatic rings. The van der Waals surface area contributed by atoms with E-state index in [1.807, 2.05) is 37.4 Å². The molecule has 0 fully saturated rings. The average molecular weight is 269 g/mol. The third kappa shape index (κ3) is 2.17. The number of nitrogens with zero attached hydrogens (tertiary/aromatic N) is 1. The maximum atomic E-state index is 12.7. The fourth-order valence-corrected chi connectivity index (χ4v) is 3.35. The van der Waals surface area contributed by atoms with E-state index in [-0.39, 0.29) is 17.5 Å². The van der Waals surface area contributed by atoms with Gasteiger partial charge in [0.15, 0.2) is 11.6 Å². The number of carbonyl (C=O) groups is 2. The minimum atomic E-state index is -0.143. The van der Waals surface area contributed by atoms with E-state index in [4.69, 9.17) is 0 Å². The van der Waals surface area contributed by atoms with Crippen molar-refractivity contribution in [2.45, 2.75) is 25.7 Å². The van der Waals surface area contributed by atoms with Crippen molar-refractivity contribution < 1.29 is 9.59 Å². The summed E-state index contributed by atoms with van der Waals surface area (Å²) < 4.78 is 0. The Balaban J connectivity index is 1.99. The minimum absolute atomic E-state index is 0.143. The maximum Gasteiger partial charge on any atom is 0.171 e. The minimum Gasteiger partial charge on any atom is -0.377 e. The van der Waals surface area contributed by atoms with E-state index in [1.165, 1.54) is 0 Å². The molecule has 0 saturated carbocycles. The second-order valence-electron chi connectivity index (χ2n) is 5.63. The summed E-state index contributed by atoms with van der Waals surface area (Å²) in [5, 5.41) is 0. The largest absolute Gasteiger partial charge is 0.377 e. The average Bonchev–Trinajstić information content (AvgIpc) is 2.49. The van der Waals surface area contributed by atoms with Crippen molar-refractivity contribution in [3.8, 4) is 0 Å². The van der Waals surface area contributed by atoms with Crippen molar-refractivity contribution in [2.24, 2.45) is 5.92 Å². The Hall–Kier alpha value is -1.90. The third-order valence-corrected chi connectivity index (χ3v) is 4.34. The number of allylic oxidation sites excluding steroid dienone is 2. The van der Waals surface area contributed by atoms with Crippen molar-refractivity contribution in [1.29, 1.82) is 0 Å². The first-order valence-electron chi connectivity index (χ1n) is 7.25. The predicted octanol–water partition coefficient (Wildman–Crippen LogP) is 2.83. The second kappa shape index (κ2) is 5.23. The molecule has 20 heavy (non-hydrogen) atoms. The molecule has 1 heterocycles. The van der Waals surface area contributed by atoms with Gasteiger partial charge in [0.2, 0.25) is 0 Å². The van der Waals surface area contributed by atoms with Crippen LogP contribution in [0.4, 0.5) is 0 Å². The molecule has 104 valence electrons. The molecule has 1 aliphatic carbocycles. The van der Waals surface area contributed by atoms with Crippen LogP contribution in [-0.2, 0) is 4.79 Å². The van der Waals surface area contributed by atoms with Gasteiger partial charge in [-0.3, -0.25) is 9.59 Å². The van der Waals surface area contributed by atoms with Crippen molar-refractivity contribution in [2.75, 3.05) is 13.6 Å². The van der Waals surface area contributed by atoms with Crippen LogP contribution in [0.1, 0.15) is 36.0 Å². The number of hydrogen-bond donors (Lipinski definition) is 0.